The first-order chi connectivity index (χ1) is 12.6. The summed E-state index contributed by atoms with van der Waals surface area (Å²) in [7, 11) is 0. The predicted octanol–water partition coefficient (Wildman–Crippen LogP) is 2.15. The van der Waals surface area contributed by atoms with Crippen molar-refractivity contribution in [2.75, 3.05) is 16.8 Å². The molecule has 0 aliphatic carbocycles. The van der Waals surface area contributed by atoms with Gasteiger partial charge in [-0.25, -0.2) is 4.98 Å². The van der Waals surface area contributed by atoms with Crippen LogP contribution in [0.25, 0.3) is 0 Å². The van der Waals surface area contributed by atoms with Gasteiger partial charge < -0.3 is 20.9 Å². The maximum Gasteiger partial charge on any atom is 0.273 e. The Labute approximate surface area is 150 Å². The monoisotopic (exact) mass is 349 g/mol. The Bertz CT molecular complexity index is 878. The van der Waals surface area contributed by atoms with Crippen molar-refractivity contribution < 1.29 is 9.59 Å². The Hall–Kier alpha value is -3.61. The summed E-state index contributed by atoms with van der Waals surface area (Å²) in [5, 5.41) is 2.80. The van der Waals surface area contributed by atoms with E-state index in [-0.39, 0.29) is 12.5 Å². The highest BCUT2D eigenvalue weighted by atomic mass is 16.2. The third kappa shape index (κ3) is 4.47. The lowest BCUT2D eigenvalue weighted by atomic mass is 10.2. The van der Waals surface area contributed by atoms with Gasteiger partial charge in [0.1, 0.15) is 5.69 Å². The summed E-state index contributed by atoms with van der Waals surface area (Å²) in [6, 6.07) is 17.1. The standard InChI is InChI=1S/C19H19N5O2/c20-18(25)12-24(11-14-5-2-1-3-6-14)16-8-4-7-15(9-16)23-19(26)17-10-21-13-22-17/h1-10,13H,11-12H2,(H2,20,25)(H,21,22)(H,23,26). The van der Waals surface area contributed by atoms with Crippen molar-refractivity contribution in [2.45, 2.75) is 6.54 Å². The molecule has 0 aliphatic rings. The molecule has 7 nitrogen and oxygen atoms in total. The number of nitrogens with one attached hydrogen (secondary N) is 2. The van der Waals surface area contributed by atoms with Crippen molar-refractivity contribution in [3.05, 3.63) is 78.4 Å². The minimum atomic E-state index is -0.423. The maximum atomic E-state index is 12.2. The van der Waals surface area contributed by atoms with Gasteiger partial charge in [-0.1, -0.05) is 36.4 Å². The molecule has 26 heavy (non-hydrogen) atoms. The molecular formula is C19H19N5O2. The molecule has 132 valence electrons. The molecule has 0 aliphatic heterocycles. The first-order valence-corrected chi connectivity index (χ1v) is 8.09. The van der Waals surface area contributed by atoms with Crippen molar-refractivity contribution in [2.24, 2.45) is 5.73 Å². The van der Waals surface area contributed by atoms with Crippen LogP contribution in [-0.2, 0) is 11.3 Å². The Morgan fingerprint density at radius 1 is 1.12 bits per heavy atom. The molecule has 2 amide bonds. The van der Waals surface area contributed by atoms with Crippen LogP contribution in [0.1, 0.15) is 16.1 Å². The number of amides is 2. The molecule has 3 aromatic rings. The van der Waals surface area contributed by atoms with Crippen LogP contribution in [0.5, 0.6) is 0 Å². The first kappa shape index (κ1) is 17.2. The number of primary amides is 1. The van der Waals surface area contributed by atoms with Gasteiger partial charge in [0.2, 0.25) is 5.91 Å². The molecule has 0 saturated heterocycles. The van der Waals surface area contributed by atoms with Gasteiger partial charge in [-0.05, 0) is 23.8 Å². The average molecular weight is 349 g/mol. The van der Waals surface area contributed by atoms with E-state index in [0.717, 1.165) is 11.3 Å². The highest BCUT2D eigenvalue weighted by molar-refractivity contribution is 6.02. The van der Waals surface area contributed by atoms with E-state index in [0.29, 0.717) is 17.9 Å². The molecule has 7 heteroatoms. The molecule has 1 heterocycles. The second-order valence-electron chi connectivity index (χ2n) is 5.78. The third-order valence-corrected chi connectivity index (χ3v) is 3.77. The van der Waals surface area contributed by atoms with E-state index in [1.54, 1.807) is 12.1 Å². The van der Waals surface area contributed by atoms with Crippen LogP contribution in [0.2, 0.25) is 0 Å². The summed E-state index contributed by atoms with van der Waals surface area (Å²) in [4.78, 5) is 32.1. The summed E-state index contributed by atoms with van der Waals surface area (Å²) in [5.74, 6) is -0.711. The number of nitrogens with zero attached hydrogens (tertiary/aromatic N) is 2. The molecule has 0 unspecified atom stereocenters. The van der Waals surface area contributed by atoms with Gasteiger partial charge in [0.15, 0.2) is 0 Å². The zero-order chi connectivity index (χ0) is 18.4. The maximum absolute atomic E-state index is 12.2. The summed E-state index contributed by atoms with van der Waals surface area (Å²) < 4.78 is 0. The normalized spacial score (nSPS) is 10.3. The van der Waals surface area contributed by atoms with E-state index in [9.17, 15) is 9.59 Å². The van der Waals surface area contributed by atoms with E-state index in [1.165, 1.54) is 12.5 Å². The summed E-state index contributed by atoms with van der Waals surface area (Å²) in [6.07, 6.45) is 2.90. The molecule has 1 aromatic heterocycles. The number of aromatic amines is 1. The number of carbonyl (C=O) groups is 2. The second-order valence-corrected chi connectivity index (χ2v) is 5.78. The van der Waals surface area contributed by atoms with Crippen LogP contribution in [0.3, 0.4) is 0 Å². The lowest BCUT2D eigenvalue weighted by Gasteiger charge is -2.24. The number of carbonyl (C=O) groups excluding carboxylic acids is 2. The quantitative estimate of drug-likeness (QED) is 0.608. The van der Waals surface area contributed by atoms with E-state index in [4.69, 9.17) is 5.73 Å². The van der Waals surface area contributed by atoms with Crippen molar-refractivity contribution in [1.29, 1.82) is 0 Å². The van der Waals surface area contributed by atoms with Gasteiger partial charge in [-0.3, -0.25) is 9.59 Å². The number of nitrogens with two attached hydrogens (primary N) is 1. The SMILES string of the molecule is NC(=O)CN(Cc1ccccc1)c1cccc(NC(=O)c2cnc[nH]2)c1. The molecule has 0 fully saturated rings. The molecule has 4 N–H and O–H groups in total. The minimum absolute atomic E-state index is 0.0762. The predicted molar refractivity (Wildman–Crippen MR) is 99.7 cm³/mol. The topological polar surface area (TPSA) is 104 Å². The van der Waals surface area contributed by atoms with Gasteiger partial charge >= 0.3 is 0 Å². The number of hydrogen-bond acceptors (Lipinski definition) is 4. The van der Waals surface area contributed by atoms with Gasteiger partial charge in [0, 0.05) is 17.9 Å². The van der Waals surface area contributed by atoms with Gasteiger partial charge in [-0.2, -0.15) is 0 Å². The molecule has 3 rings (SSSR count). The van der Waals surface area contributed by atoms with Crippen LogP contribution < -0.4 is 16.0 Å². The van der Waals surface area contributed by atoms with Crippen LogP contribution in [-0.4, -0.2) is 28.3 Å². The molecule has 0 spiro atoms. The molecule has 2 aromatic carbocycles. The zero-order valence-electron chi connectivity index (χ0n) is 14.1. The van der Waals surface area contributed by atoms with Crippen LogP contribution >= 0.6 is 0 Å². The Kier molecular flexibility index (Phi) is 5.28. The van der Waals surface area contributed by atoms with Crippen molar-refractivity contribution >= 4 is 23.2 Å². The smallest absolute Gasteiger partial charge is 0.273 e. The van der Waals surface area contributed by atoms with E-state index in [1.807, 2.05) is 47.4 Å². The van der Waals surface area contributed by atoms with Crippen LogP contribution in [0.15, 0.2) is 67.1 Å². The second kappa shape index (κ2) is 7.98. The largest absolute Gasteiger partial charge is 0.368 e. The fourth-order valence-corrected chi connectivity index (χ4v) is 2.59. The highest BCUT2D eigenvalue weighted by Crippen LogP contribution is 2.22. The number of anilines is 2. The Morgan fingerprint density at radius 2 is 1.92 bits per heavy atom. The number of hydrogen-bond donors (Lipinski definition) is 3. The van der Waals surface area contributed by atoms with Crippen LogP contribution in [0.4, 0.5) is 11.4 Å². The molecule has 0 saturated carbocycles. The van der Waals surface area contributed by atoms with Gasteiger partial charge in [0.05, 0.1) is 19.1 Å². The van der Waals surface area contributed by atoms with Crippen LogP contribution in [0, 0.1) is 0 Å². The summed E-state index contributed by atoms with van der Waals surface area (Å²) in [6.45, 7) is 0.606. The number of benzene rings is 2. The Balaban J connectivity index is 1.80. The number of H-pyrrole nitrogens is 1. The highest BCUT2D eigenvalue weighted by Gasteiger charge is 2.12. The van der Waals surface area contributed by atoms with Gasteiger partial charge in [0.25, 0.3) is 5.91 Å². The minimum Gasteiger partial charge on any atom is -0.368 e. The van der Waals surface area contributed by atoms with E-state index < -0.39 is 5.91 Å². The van der Waals surface area contributed by atoms with Crippen molar-refractivity contribution in [3.8, 4) is 0 Å². The van der Waals surface area contributed by atoms with E-state index >= 15 is 0 Å². The Morgan fingerprint density at radius 3 is 2.62 bits per heavy atom. The molecule has 0 bridgehead atoms. The number of aromatic nitrogens is 2. The van der Waals surface area contributed by atoms with Crippen molar-refractivity contribution in [1.82, 2.24) is 9.97 Å². The summed E-state index contributed by atoms with van der Waals surface area (Å²) >= 11 is 0. The fourth-order valence-electron chi connectivity index (χ4n) is 2.59. The first-order valence-electron chi connectivity index (χ1n) is 8.09. The number of rotatable bonds is 7. The van der Waals surface area contributed by atoms with E-state index in [2.05, 4.69) is 15.3 Å². The number of imidazole rings is 1. The fraction of sp³-hybridized carbons (Fsp3) is 0.105. The van der Waals surface area contributed by atoms with Gasteiger partial charge in [-0.15, -0.1) is 0 Å². The lowest BCUT2D eigenvalue weighted by Crippen LogP contribution is -2.33. The van der Waals surface area contributed by atoms with Crippen molar-refractivity contribution in [3.63, 3.8) is 0 Å². The summed E-state index contributed by atoms with van der Waals surface area (Å²) in [5.41, 5.74) is 8.23. The lowest BCUT2D eigenvalue weighted by molar-refractivity contribution is -0.116. The molecular weight excluding hydrogens is 330 g/mol. The zero-order valence-corrected chi connectivity index (χ0v) is 14.1. The molecule has 0 radical (unpaired) electrons. The molecule has 0 atom stereocenters. The third-order valence-electron chi connectivity index (χ3n) is 3.77. The average Bonchev–Trinajstić information content (AvgIpc) is 3.17.